The summed E-state index contributed by atoms with van der Waals surface area (Å²) in [6, 6.07) is -0.0936. The molecule has 8 heteroatoms. The second kappa shape index (κ2) is 5.48. The van der Waals surface area contributed by atoms with E-state index in [1.807, 2.05) is 19.2 Å². The van der Waals surface area contributed by atoms with Crippen molar-refractivity contribution in [2.24, 2.45) is 0 Å². The molecule has 2 aromatic heterocycles. The van der Waals surface area contributed by atoms with Crippen molar-refractivity contribution in [1.82, 2.24) is 14.1 Å². The lowest BCUT2D eigenvalue weighted by molar-refractivity contribution is 0.540. The number of nitrogens with zero attached hydrogens (tertiary/aromatic N) is 2. The van der Waals surface area contributed by atoms with E-state index in [2.05, 4.69) is 15.0 Å². The molecule has 2 heterocycles. The van der Waals surface area contributed by atoms with Crippen LogP contribution in [0.5, 0.6) is 0 Å². The number of nitrogens with one attached hydrogen (secondary N) is 2. The highest BCUT2D eigenvalue weighted by Crippen LogP contribution is 2.25. The maximum Gasteiger partial charge on any atom is 0.260 e. The molecule has 0 spiro atoms. The van der Waals surface area contributed by atoms with Gasteiger partial charge in [0.25, 0.3) is 10.0 Å². The summed E-state index contributed by atoms with van der Waals surface area (Å²) >= 11 is 1.40. The smallest absolute Gasteiger partial charge is 0.260 e. The number of hydrogen-bond donors (Lipinski definition) is 2. The molecule has 2 rings (SSSR count). The van der Waals surface area contributed by atoms with Gasteiger partial charge in [0.2, 0.25) is 0 Å². The van der Waals surface area contributed by atoms with Crippen LogP contribution in [0.25, 0.3) is 4.96 Å². The minimum absolute atomic E-state index is 0.0936. The summed E-state index contributed by atoms with van der Waals surface area (Å²) in [6.07, 6.45) is 3.45. The molecule has 0 bridgehead atoms. The molecule has 0 aliphatic carbocycles. The Labute approximate surface area is 116 Å². The van der Waals surface area contributed by atoms with Crippen LogP contribution >= 0.6 is 11.3 Å². The van der Waals surface area contributed by atoms with Crippen molar-refractivity contribution in [3.63, 3.8) is 0 Å². The van der Waals surface area contributed by atoms with E-state index in [1.165, 1.54) is 11.3 Å². The molecule has 0 fully saturated rings. The van der Waals surface area contributed by atoms with Crippen LogP contribution in [0.15, 0.2) is 16.6 Å². The van der Waals surface area contributed by atoms with E-state index in [0.29, 0.717) is 10.8 Å². The van der Waals surface area contributed by atoms with Gasteiger partial charge in [0, 0.05) is 24.7 Å². The Morgan fingerprint density at radius 1 is 1.53 bits per heavy atom. The van der Waals surface area contributed by atoms with E-state index in [-0.39, 0.29) is 11.1 Å². The van der Waals surface area contributed by atoms with Gasteiger partial charge >= 0.3 is 0 Å². The number of rotatable bonds is 6. The van der Waals surface area contributed by atoms with Crippen molar-refractivity contribution in [3.8, 4) is 0 Å². The largest absolute Gasteiger partial charge is 0.371 e. The van der Waals surface area contributed by atoms with E-state index in [1.54, 1.807) is 17.6 Å². The summed E-state index contributed by atoms with van der Waals surface area (Å²) in [6.45, 7) is 3.89. The number of aromatic nitrogens is 2. The van der Waals surface area contributed by atoms with Gasteiger partial charge in [-0.1, -0.05) is 13.3 Å². The summed E-state index contributed by atoms with van der Waals surface area (Å²) in [5.74, 6) is 0.378. The molecule has 0 saturated carbocycles. The monoisotopic (exact) mass is 302 g/mol. The molecule has 106 valence electrons. The number of fused-ring (bicyclic) bond motifs is 1. The van der Waals surface area contributed by atoms with Gasteiger partial charge in [0.15, 0.2) is 15.8 Å². The first-order valence-corrected chi connectivity index (χ1v) is 8.51. The standard InChI is InChI=1S/C11H18N4O2S2/c1-4-5-8(2)14-19(16,17)10-9(12-3)13-11-15(10)6-7-18-11/h6-8,12,14H,4-5H2,1-3H3. The lowest BCUT2D eigenvalue weighted by Gasteiger charge is -2.13. The summed E-state index contributed by atoms with van der Waals surface area (Å²) in [5.41, 5.74) is 0. The average molecular weight is 302 g/mol. The average Bonchev–Trinajstić information content (AvgIpc) is 2.86. The van der Waals surface area contributed by atoms with Crippen LogP contribution in [0.3, 0.4) is 0 Å². The number of anilines is 1. The zero-order chi connectivity index (χ0) is 14.0. The molecular weight excluding hydrogens is 284 g/mol. The third-order valence-electron chi connectivity index (χ3n) is 2.79. The molecule has 0 aliphatic rings. The van der Waals surface area contributed by atoms with Gasteiger partial charge < -0.3 is 5.32 Å². The number of hydrogen-bond acceptors (Lipinski definition) is 5. The van der Waals surface area contributed by atoms with Crippen molar-refractivity contribution in [2.45, 2.75) is 37.8 Å². The predicted molar refractivity (Wildman–Crippen MR) is 77.3 cm³/mol. The van der Waals surface area contributed by atoms with Gasteiger partial charge in [-0.3, -0.25) is 4.40 Å². The summed E-state index contributed by atoms with van der Waals surface area (Å²) < 4.78 is 29.2. The summed E-state index contributed by atoms with van der Waals surface area (Å²) in [5, 5.41) is 4.83. The first kappa shape index (κ1) is 14.3. The SMILES string of the molecule is CCCC(C)NS(=O)(=O)c1c(NC)nc2sccn12. The minimum Gasteiger partial charge on any atom is -0.371 e. The third-order valence-corrected chi connectivity index (χ3v) is 5.16. The van der Waals surface area contributed by atoms with Gasteiger partial charge in [0.1, 0.15) is 0 Å². The highest BCUT2D eigenvalue weighted by atomic mass is 32.2. The quantitative estimate of drug-likeness (QED) is 0.854. The molecule has 1 atom stereocenters. The van der Waals surface area contributed by atoms with Crippen LogP contribution in [0.2, 0.25) is 0 Å². The normalized spacial score (nSPS) is 13.8. The second-order valence-electron chi connectivity index (χ2n) is 4.38. The van der Waals surface area contributed by atoms with E-state index < -0.39 is 10.0 Å². The molecule has 0 aliphatic heterocycles. The second-order valence-corrected chi connectivity index (χ2v) is 6.88. The molecule has 19 heavy (non-hydrogen) atoms. The number of thiazole rings is 1. The Bertz CT molecular complexity index is 659. The first-order chi connectivity index (χ1) is 8.99. The highest BCUT2D eigenvalue weighted by molar-refractivity contribution is 7.89. The van der Waals surface area contributed by atoms with Crippen LogP contribution in [0.1, 0.15) is 26.7 Å². The van der Waals surface area contributed by atoms with Gasteiger partial charge in [-0.05, 0) is 13.3 Å². The third kappa shape index (κ3) is 2.75. The van der Waals surface area contributed by atoms with E-state index in [0.717, 1.165) is 12.8 Å². The van der Waals surface area contributed by atoms with Crippen LogP contribution in [-0.2, 0) is 10.0 Å². The van der Waals surface area contributed by atoms with Gasteiger partial charge in [-0.15, -0.1) is 11.3 Å². The fourth-order valence-corrected chi connectivity index (χ4v) is 4.34. The van der Waals surface area contributed by atoms with Crippen molar-refractivity contribution in [1.29, 1.82) is 0 Å². The van der Waals surface area contributed by atoms with Crippen molar-refractivity contribution >= 4 is 32.1 Å². The summed E-state index contributed by atoms with van der Waals surface area (Å²) in [7, 11) is -1.92. The lowest BCUT2D eigenvalue weighted by atomic mass is 10.2. The number of sulfonamides is 1. The lowest BCUT2D eigenvalue weighted by Crippen LogP contribution is -2.33. The Kier molecular flexibility index (Phi) is 4.12. The molecule has 0 saturated heterocycles. The fourth-order valence-electron chi connectivity index (χ4n) is 2.00. The van der Waals surface area contributed by atoms with Crippen LogP contribution in [0.4, 0.5) is 5.82 Å². The Morgan fingerprint density at radius 2 is 2.26 bits per heavy atom. The van der Waals surface area contributed by atoms with Crippen molar-refractivity contribution in [2.75, 3.05) is 12.4 Å². The van der Waals surface area contributed by atoms with Gasteiger partial charge in [-0.25, -0.2) is 18.1 Å². The Morgan fingerprint density at radius 3 is 2.89 bits per heavy atom. The molecule has 0 aromatic carbocycles. The zero-order valence-electron chi connectivity index (χ0n) is 11.2. The van der Waals surface area contributed by atoms with E-state index in [9.17, 15) is 8.42 Å². The molecule has 2 N–H and O–H groups in total. The van der Waals surface area contributed by atoms with Crippen LogP contribution in [-0.4, -0.2) is 30.9 Å². The molecular formula is C11H18N4O2S2. The predicted octanol–water partition coefficient (Wildman–Crippen LogP) is 1.90. The van der Waals surface area contributed by atoms with Crippen LogP contribution in [0, 0.1) is 0 Å². The molecule has 2 aromatic rings. The Hall–Kier alpha value is -1.12. The number of imidazole rings is 1. The highest BCUT2D eigenvalue weighted by Gasteiger charge is 2.26. The van der Waals surface area contributed by atoms with Crippen molar-refractivity contribution in [3.05, 3.63) is 11.6 Å². The van der Waals surface area contributed by atoms with Gasteiger partial charge in [0.05, 0.1) is 0 Å². The molecule has 0 radical (unpaired) electrons. The van der Waals surface area contributed by atoms with E-state index >= 15 is 0 Å². The van der Waals surface area contributed by atoms with Gasteiger partial charge in [-0.2, -0.15) is 0 Å². The topological polar surface area (TPSA) is 75.5 Å². The minimum atomic E-state index is -3.58. The van der Waals surface area contributed by atoms with Crippen LogP contribution < -0.4 is 10.0 Å². The maximum atomic E-state index is 12.5. The van der Waals surface area contributed by atoms with Crippen molar-refractivity contribution < 1.29 is 8.42 Å². The molecule has 1 unspecified atom stereocenters. The molecule has 0 amide bonds. The Balaban J connectivity index is 2.44. The fraction of sp³-hybridized carbons (Fsp3) is 0.545. The first-order valence-electron chi connectivity index (χ1n) is 6.15. The maximum absolute atomic E-state index is 12.5. The summed E-state index contributed by atoms with van der Waals surface area (Å²) in [4.78, 5) is 4.92. The zero-order valence-corrected chi connectivity index (χ0v) is 12.8. The van der Waals surface area contributed by atoms with E-state index in [4.69, 9.17) is 0 Å². The molecule has 6 nitrogen and oxygen atoms in total.